The molecule has 1 aliphatic rings. The molecule has 3 aromatic heterocycles. The fourth-order valence-electron chi connectivity index (χ4n) is 2.94. The van der Waals surface area contributed by atoms with Crippen LogP contribution in [-0.2, 0) is 0 Å². The molecule has 1 saturated heterocycles. The van der Waals surface area contributed by atoms with Gasteiger partial charge in [0.05, 0.1) is 16.7 Å². The van der Waals surface area contributed by atoms with Gasteiger partial charge in [-0.25, -0.2) is 19.9 Å². The number of aromatic amines is 1. The van der Waals surface area contributed by atoms with Crippen molar-refractivity contribution in [2.45, 2.75) is 25.3 Å². The Hall–Kier alpha value is -2.12. The van der Waals surface area contributed by atoms with Crippen molar-refractivity contribution in [2.24, 2.45) is 0 Å². The van der Waals surface area contributed by atoms with Crippen LogP contribution in [0.5, 0.6) is 0 Å². The summed E-state index contributed by atoms with van der Waals surface area (Å²) in [6.45, 7) is 2.97. The third kappa shape index (κ3) is 2.42. The molecule has 0 amide bonds. The molecule has 2 N–H and O–H groups in total. The molecule has 2 unspecified atom stereocenters. The lowest BCUT2D eigenvalue weighted by Gasteiger charge is -2.18. The van der Waals surface area contributed by atoms with Crippen LogP contribution in [0.25, 0.3) is 11.6 Å². The minimum atomic E-state index is 0.182. The summed E-state index contributed by atoms with van der Waals surface area (Å²) in [7, 11) is 0. The molecule has 6 nitrogen and oxygen atoms in total. The maximum absolute atomic E-state index is 4.73. The highest BCUT2D eigenvalue weighted by atomic mass is 32.1. The van der Waals surface area contributed by atoms with Gasteiger partial charge >= 0.3 is 0 Å². The standard InChI is InChI=1S/C15H16N6S/c1-9-8-11(21-14(20-9)13-17-4-5-18-13)12-10(2-3-16-12)15-19-6-7-22-15/h4-8,10,12,16H,2-3H2,1H3,(H,17,18). The van der Waals surface area contributed by atoms with Crippen molar-refractivity contribution < 1.29 is 0 Å². The third-order valence-electron chi connectivity index (χ3n) is 3.89. The number of aryl methyl sites for hydroxylation is 1. The van der Waals surface area contributed by atoms with Crippen LogP contribution >= 0.6 is 11.3 Å². The van der Waals surface area contributed by atoms with E-state index in [1.807, 2.05) is 18.5 Å². The van der Waals surface area contributed by atoms with Crippen molar-refractivity contribution in [3.8, 4) is 11.6 Å². The summed E-state index contributed by atoms with van der Waals surface area (Å²) in [6.07, 6.45) is 6.45. The lowest BCUT2D eigenvalue weighted by atomic mass is 9.98. The molecule has 1 aliphatic heterocycles. The molecule has 0 saturated carbocycles. The Balaban J connectivity index is 1.73. The zero-order valence-electron chi connectivity index (χ0n) is 12.2. The molecule has 0 radical (unpaired) electrons. The van der Waals surface area contributed by atoms with E-state index in [0.717, 1.165) is 24.4 Å². The van der Waals surface area contributed by atoms with E-state index in [1.165, 1.54) is 5.01 Å². The van der Waals surface area contributed by atoms with Crippen LogP contribution in [-0.4, -0.2) is 31.5 Å². The second kappa shape index (κ2) is 5.58. The maximum Gasteiger partial charge on any atom is 0.196 e. The zero-order valence-corrected chi connectivity index (χ0v) is 13.0. The molecule has 3 aromatic rings. The smallest absolute Gasteiger partial charge is 0.196 e. The van der Waals surface area contributed by atoms with Crippen LogP contribution in [0.4, 0.5) is 0 Å². The van der Waals surface area contributed by atoms with Crippen LogP contribution in [0.2, 0.25) is 0 Å². The summed E-state index contributed by atoms with van der Waals surface area (Å²) >= 11 is 1.71. The van der Waals surface area contributed by atoms with Gasteiger partial charge in [-0.2, -0.15) is 0 Å². The predicted octanol–water partition coefficient (Wildman–Crippen LogP) is 2.45. The van der Waals surface area contributed by atoms with Gasteiger partial charge in [0.2, 0.25) is 0 Å². The molecule has 112 valence electrons. The van der Waals surface area contributed by atoms with Gasteiger partial charge in [0.15, 0.2) is 11.6 Å². The topological polar surface area (TPSA) is 79.4 Å². The van der Waals surface area contributed by atoms with E-state index >= 15 is 0 Å². The Kier molecular flexibility index (Phi) is 3.44. The summed E-state index contributed by atoms with van der Waals surface area (Å²) in [6, 6.07) is 2.23. The Morgan fingerprint density at radius 3 is 2.95 bits per heavy atom. The van der Waals surface area contributed by atoms with Crippen molar-refractivity contribution in [3.63, 3.8) is 0 Å². The molecular weight excluding hydrogens is 296 g/mol. The monoisotopic (exact) mass is 312 g/mol. The van der Waals surface area contributed by atoms with Gasteiger partial charge in [-0.15, -0.1) is 11.3 Å². The average molecular weight is 312 g/mol. The fraction of sp³-hybridized carbons (Fsp3) is 0.333. The highest BCUT2D eigenvalue weighted by Crippen LogP contribution is 2.38. The van der Waals surface area contributed by atoms with Gasteiger partial charge < -0.3 is 10.3 Å². The average Bonchev–Trinajstić information content (AvgIpc) is 3.26. The Bertz CT molecular complexity index is 752. The van der Waals surface area contributed by atoms with Gasteiger partial charge in [0, 0.05) is 35.6 Å². The molecule has 0 spiro atoms. The number of hydrogen-bond donors (Lipinski definition) is 2. The number of rotatable bonds is 3. The van der Waals surface area contributed by atoms with Crippen molar-refractivity contribution in [3.05, 3.63) is 46.4 Å². The van der Waals surface area contributed by atoms with Crippen LogP contribution in [0.3, 0.4) is 0 Å². The maximum atomic E-state index is 4.73. The largest absolute Gasteiger partial charge is 0.342 e. The van der Waals surface area contributed by atoms with Crippen LogP contribution in [0.15, 0.2) is 30.0 Å². The number of nitrogens with zero attached hydrogens (tertiary/aromatic N) is 4. The number of nitrogens with one attached hydrogen (secondary N) is 2. The Morgan fingerprint density at radius 1 is 1.23 bits per heavy atom. The van der Waals surface area contributed by atoms with Crippen LogP contribution in [0, 0.1) is 6.92 Å². The third-order valence-corrected chi connectivity index (χ3v) is 4.80. The Morgan fingerprint density at radius 2 is 2.18 bits per heavy atom. The van der Waals surface area contributed by atoms with Gasteiger partial charge in [-0.3, -0.25) is 0 Å². The predicted molar refractivity (Wildman–Crippen MR) is 84.6 cm³/mol. The van der Waals surface area contributed by atoms with Crippen LogP contribution < -0.4 is 5.32 Å². The fourth-order valence-corrected chi connectivity index (χ4v) is 3.75. The van der Waals surface area contributed by atoms with E-state index in [2.05, 4.69) is 31.3 Å². The zero-order chi connectivity index (χ0) is 14.9. The normalized spacial score (nSPS) is 21.3. The van der Waals surface area contributed by atoms with Gasteiger partial charge in [0.25, 0.3) is 0 Å². The summed E-state index contributed by atoms with van der Waals surface area (Å²) < 4.78 is 0. The first-order valence-electron chi connectivity index (χ1n) is 7.29. The molecular formula is C15H16N6S. The molecule has 2 atom stereocenters. The molecule has 4 heterocycles. The molecule has 7 heteroatoms. The molecule has 0 aliphatic carbocycles. The summed E-state index contributed by atoms with van der Waals surface area (Å²) in [5.74, 6) is 1.72. The lowest BCUT2D eigenvalue weighted by Crippen LogP contribution is -2.19. The van der Waals surface area contributed by atoms with Crippen molar-refractivity contribution in [1.29, 1.82) is 0 Å². The minimum Gasteiger partial charge on any atom is -0.342 e. The van der Waals surface area contributed by atoms with Crippen molar-refractivity contribution >= 4 is 11.3 Å². The Labute approximate surface area is 132 Å². The minimum absolute atomic E-state index is 0.182. The first kappa shape index (κ1) is 13.5. The summed E-state index contributed by atoms with van der Waals surface area (Å²) in [4.78, 5) is 21.0. The molecule has 0 bridgehead atoms. The SMILES string of the molecule is Cc1cc(C2NCCC2c2nccs2)nc(-c2ncc[nH]2)n1. The highest BCUT2D eigenvalue weighted by Gasteiger charge is 2.32. The quantitative estimate of drug-likeness (QED) is 0.776. The van der Waals surface area contributed by atoms with E-state index in [0.29, 0.717) is 17.6 Å². The number of hydrogen-bond acceptors (Lipinski definition) is 6. The van der Waals surface area contributed by atoms with Gasteiger partial charge in [-0.05, 0) is 26.0 Å². The van der Waals surface area contributed by atoms with E-state index in [1.54, 1.807) is 23.7 Å². The first-order chi connectivity index (χ1) is 10.8. The second-order valence-electron chi connectivity index (χ2n) is 5.39. The molecule has 4 rings (SSSR count). The van der Waals surface area contributed by atoms with E-state index in [-0.39, 0.29) is 6.04 Å². The second-order valence-corrected chi connectivity index (χ2v) is 6.32. The van der Waals surface area contributed by atoms with E-state index < -0.39 is 0 Å². The van der Waals surface area contributed by atoms with Crippen molar-refractivity contribution in [1.82, 2.24) is 30.2 Å². The summed E-state index contributed by atoms with van der Waals surface area (Å²) in [5.41, 5.74) is 1.96. The van der Waals surface area contributed by atoms with Gasteiger partial charge in [-0.1, -0.05) is 0 Å². The van der Waals surface area contributed by atoms with E-state index in [9.17, 15) is 0 Å². The highest BCUT2D eigenvalue weighted by molar-refractivity contribution is 7.09. The number of aromatic nitrogens is 5. The molecule has 22 heavy (non-hydrogen) atoms. The lowest BCUT2D eigenvalue weighted by molar-refractivity contribution is 0.559. The van der Waals surface area contributed by atoms with Gasteiger partial charge in [0.1, 0.15) is 0 Å². The van der Waals surface area contributed by atoms with Crippen LogP contribution in [0.1, 0.15) is 34.8 Å². The summed E-state index contributed by atoms with van der Waals surface area (Å²) in [5, 5.41) is 6.76. The number of imidazole rings is 1. The van der Waals surface area contributed by atoms with E-state index in [4.69, 9.17) is 4.98 Å². The molecule has 0 aromatic carbocycles. The number of H-pyrrole nitrogens is 1. The molecule has 1 fully saturated rings. The van der Waals surface area contributed by atoms with Crippen molar-refractivity contribution in [2.75, 3.05) is 6.54 Å². The number of thiazole rings is 1. The first-order valence-corrected chi connectivity index (χ1v) is 8.17.